The standard InChI is InChI=1S/C31H44N8O10/c1-2-39-21-8-4-3-6-17(21)18-12-16(9-10-22(18)39)36-29(48)19(7-5-11-34-31(32)33)37-24(43)13-35-28(47)20(14-40)38-30(49)27(46)26(45)25(44)23(42)15-41/h3-4,6,8-10,12,19-20,23,25-27,40-42,44-46H,2,5,7,11,13-15H2,1H3,(H,35,47)(H,36,48)(H,37,43)(H,38,49)(H4,32,33,34)/t19-,20-,23?,25?,26?,27?/m0/s1. The first-order valence-electron chi connectivity index (χ1n) is 15.5. The number of aliphatic hydroxyl groups is 6. The van der Waals surface area contributed by atoms with Crippen LogP contribution in [0.5, 0.6) is 0 Å². The van der Waals surface area contributed by atoms with Gasteiger partial charge in [0.2, 0.25) is 17.7 Å². The van der Waals surface area contributed by atoms with Crippen LogP contribution < -0.4 is 32.7 Å². The fourth-order valence-corrected chi connectivity index (χ4v) is 5.14. The van der Waals surface area contributed by atoms with E-state index in [0.717, 1.165) is 28.4 Å². The second-order valence-electron chi connectivity index (χ2n) is 11.2. The molecule has 0 aliphatic rings. The molecule has 0 fully saturated rings. The monoisotopic (exact) mass is 688 g/mol. The largest absolute Gasteiger partial charge is 0.394 e. The second-order valence-corrected chi connectivity index (χ2v) is 11.2. The van der Waals surface area contributed by atoms with E-state index in [4.69, 9.17) is 16.6 Å². The number of anilines is 1. The summed E-state index contributed by atoms with van der Waals surface area (Å²) < 4.78 is 2.16. The van der Waals surface area contributed by atoms with Gasteiger partial charge in [-0.2, -0.15) is 0 Å². The molecule has 1 heterocycles. The van der Waals surface area contributed by atoms with Gasteiger partial charge in [0.25, 0.3) is 5.91 Å². The van der Waals surface area contributed by atoms with Crippen molar-refractivity contribution in [1.82, 2.24) is 20.5 Å². The summed E-state index contributed by atoms with van der Waals surface area (Å²) in [5, 5.41) is 68.9. The Kier molecular flexibility index (Phi) is 14.2. The third kappa shape index (κ3) is 10.1. The molecule has 49 heavy (non-hydrogen) atoms. The van der Waals surface area contributed by atoms with E-state index in [1.54, 1.807) is 6.07 Å². The molecule has 0 saturated carbocycles. The Labute approximate surface area is 280 Å². The first-order chi connectivity index (χ1) is 23.3. The van der Waals surface area contributed by atoms with E-state index in [0.29, 0.717) is 12.1 Å². The summed E-state index contributed by atoms with van der Waals surface area (Å²) in [5.41, 5.74) is 13.3. The van der Waals surface area contributed by atoms with Gasteiger partial charge in [-0.1, -0.05) is 18.2 Å². The number of aromatic nitrogens is 1. The van der Waals surface area contributed by atoms with Crippen molar-refractivity contribution < 1.29 is 49.8 Å². The minimum atomic E-state index is -2.36. The molecule has 1 aromatic heterocycles. The molecule has 3 aromatic rings. The highest BCUT2D eigenvalue weighted by Gasteiger charge is 2.35. The number of nitrogens with one attached hydrogen (secondary N) is 4. The molecule has 0 saturated heterocycles. The summed E-state index contributed by atoms with van der Waals surface area (Å²) in [4.78, 5) is 55.0. The van der Waals surface area contributed by atoms with Gasteiger partial charge < -0.3 is 67.9 Å². The number of hydrogen-bond acceptors (Lipinski definition) is 11. The van der Waals surface area contributed by atoms with Gasteiger partial charge in [-0.3, -0.25) is 24.2 Å². The average molecular weight is 689 g/mol. The number of nitrogens with zero attached hydrogens (tertiary/aromatic N) is 2. The molecule has 18 heteroatoms. The zero-order valence-electron chi connectivity index (χ0n) is 26.8. The summed E-state index contributed by atoms with van der Waals surface area (Å²) >= 11 is 0. The molecular formula is C31H44N8O10. The van der Waals surface area contributed by atoms with Crippen LogP contribution >= 0.6 is 0 Å². The number of rotatable bonds is 18. The lowest BCUT2D eigenvalue weighted by atomic mass is 10.0. The lowest BCUT2D eigenvalue weighted by Crippen LogP contribution is -2.57. The first kappa shape index (κ1) is 38.6. The number of fused-ring (bicyclic) bond motifs is 3. The van der Waals surface area contributed by atoms with Crippen LogP contribution in [-0.4, -0.2) is 128 Å². The van der Waals surface area contributed by atoms with Crippen LogP contribution in [0.3, 0.4) is 0 Å². The number of guanidine groups is 1. The third-order valence-corrected chi connectivity index (χ3v) is 7.72. The Bertz CT molecular complexity index is 1640. The molecule has 2 aromatic carbocycles. The third-order valence-electron chi connectivity index (χ3n) is 7.72. The maximum absolute atomic E-state index is 13.4. The zero-order valence-corrected chi connectivity index (χ0v) is 26.8. The van der Waals surface area contributed by atoms with Crippen LogP contribution in [0.1, 0.15) is 19.8 Å². The van der Waals surface area contributed by atoms with Gasteiger partial charge in [-0.05, 0) is 44.0 Å². The summed E-state index contributed by atoms with van der Waals surface area (Å²) in [7, 11) is 0. The Morgan fingerprint density at radius 1 is 0.837 bits per heavy atom. The fourth-order valence-electron chi connectivity index (χ4n) is 5.14. The van der Waals surface area contributed by atoms with Gasteiger partial charge in [0, 0.05) is 40.6 Å². The summed E-state index contributed by atoms with van der Waals surface area (Å²) in [6.07, 6.45) is -8.15. The average Bonchev–Trinajstić information content (AvgIpc) is 3.41. The van der Waals surface area contributed by atoms with Gasteiger partial charge in [-0.25, -0.2) is 0 Å². The normalized spacial score (nSPS) is 15.0. The number of carbonyl (C=O) groups is 4. The summed E-state index contributed by atoms with van der Waals surface area (Å²) in [6, 6.07) is 10.6. The van der Waals surface area contributed by atoms with Crippen molar-refractivity contribution in [2.75, 3.05) is 31.6 Å². The maximum Gasteiger partial charge on any atom is 0.252 e. The van der Waals surface area contributed by atoms with Crippen LogP contribution in [-0.2, 0) is 25.7 Å². The zero-order chi connectivity index (χ0) is 36.2. The van der Waals surface area contributed by atoms with Gasteiger partial charge in [-0.15, -0.1) is 0 Å². The molecule has 0 aliphatic heterocycles. The van der Waals surface area contributed by atoms with Gasteiger partial charge in [0.1, 0.15) is 30.4 Å². The van der Waals surface area contributed by atoms with E-state index in [1.165, 1.54) is 0 Å². The molecule has 0 bridgehead atoms. The smallest absolute Gasteiger partial charge is 0.252 e. The molecule has 0 aliphatic carbocycles. The maximum atomic E-state index is 13.4. The Morgan fingerprint density at radius 2 is 1.53 bits per heavy atom. The van der Waals surface area contributed by atoms with E-state index in [-0.39, 0.29) is 18.9 Å². The minimum absolute atomic E-state index is 0.117. The number of aliphatic hydroxyl groups excluding tert-OH is 6. The molecular weight excluding hydrogens is 644 g/mol. The highest BCUT2D eigenvalue weighted by atomic mass is 16.4. The number of carbonyl (C=O) groups excluding carboxylic acids is 4. The van der Waals surface area contributed by atoms with Crippen molar-refractivity contribution in [3.05, 3.63) is 42.5 Å². The molecule has 0 radical (unpaired) electrons. The van der Waals surface area contributed by atoms with Crippen molar-refractivity contribution in [1.29, 1.82) is 0 Å². The van der Waals surface area contributed by atoms with Crippen molar-refractivity contribution in [2.45, 2.75) is 62.8 Å². The van der Waals surface area contributed by atoms with E-state index < -0.39 is 79.9 Å². The van der Waals surface area contributed by atoms with Crippen LogP contribution in [0.2, 0.25) is 0 Å². The molecule has 14 N–H and O–H groups in total. The van der Waals surface area contributed by atoms with Crippen molar-refractivity contribution >= 4 is 57.1 Å². The van der Waals surface area contributed by atoms with E-state index in [1.807, 2.05) is 48.6 Å². The van der Waals surface area contributed by atoms with E-state index >= 15 is 0 Å². The molecule has 4 amide bonds. The number of hydrogen-bond donors (Lipinski definition) is 12. The van der Waals surface area contributed by atoms with Crippen LogP contribution in [0, 0.1) is 0 Å². The minimum Gasteiger partial charge on any atom is -0.394 e. The molecule has 6 atom stereocenters. The number of aliphatic imine (C=N–C) groups is 1. The van der Waals surface area contributed by atoms with E-state index in [9.17, 15) is 44.7 Å². The van der Waals surface area contributed by atoms with Crippen molar-refractivity contribution in [2.24, 2.45) is 16.5 Å². The Hall–Kier alpha value is -4.85. The van der Waals surface area contributed by atoms with Crippen molar-refractivity contribution in [3.8, 4) is 0 Å². The molecule has 3 rings (SSSR count). The highest BCUT2D eigenvalue weighted by Crippen LogP contribution is 2.31. The topological polar surface area (TPSA) is 307 Å². The first-order valence-corrected chi connectivity index (χ1v) is 15.5. The molecule has 268 valence electrons. The quantitative estimate of drug-likeness (QED) is 0.0349. The van der Waals surface area contributed by atoms with Gasteiger partial charge in [0.15, 0.2) is 12.1 Å². The van der Waals surface area contributed by atoms with Crippen LogP contribution in [0.25, 0.3) is 21.8 Å². The van der Waals surface area contributed by atoms with Crippen molar-refractivity contribution in [3.63, 3.8) is 0 Å². The number of para-hydroxylation sites is 1. The number of amides is 4. The fraction of sp³-hybridized carbons (Fsp3) is 0.452. The van der Waals surface area contributed by atoms with Crippen LogP contribution in [0.15, 0.2) is 47.5 Å². The summed E-state index contributed by atoms with van der Waals surface area (Å²) in [5.74, 6) is -3.94. The summed E-state index contributed by atoms with van der Waals surface area (Å²) in [6.45, 7) is 0.314. The lowest BCUT2D eigenvalue weighted by Gasteiger charge is -2.26. The van der Waals surface area contributed by atoms with Crippen LogP contribution in [0.4, 0.5) is 5.69 Å². The predicted molar refractivity (Wildman–Crippen MR) is 179 cm³/mol. The number of benzene rings is 2. The highest BCUT2D eigenvalue weighted by molar-refractivity contribution is 6.10. The molecule has 18 nitrogen and oxygen atoms in total. The molecule has 4 unspecified atom stereocenters. The van der Waals surface area contributed by atoms with E-state index in [2.05, 4.69) is 25.5 Å². The van der Waals surface area contributed by atoms with Gasteiger partial charge >= 0.3 is 0 Å². The lowest BCUT2D eigenvalue weighted by molar-refractivity contribution is -0.151. The number of aryl methyl sites for hydroxylation is 1. The SMILES string of the molecule is CCn1c2ccccc2c2cc(NC(=O)[C@H](CCCN=C(N)N)NC(=O)CNC(=O)[C@H](CO)NC(=O)C(O)C(O)C(O)C(O)CO)ccc21. The second kappa shape index (κ2) is 18.1. The Morgan fingerprint density at radius 3 is 2.18 bits per heavy atom. The molecule has 0 spiro atoms. The van der Waals surface area contributed by atoms with Gasteiger partial charge in [0.05, 0.1) is 19.8 Å². The Balaban J connectivity index is 1.66. The number of nitrogens with two attached hydrogens (primary N) is 2. The predicted octanol–water partition coefficient (Wildman–Crippen LogP) is -3.68.